The zero-order chi connectivity index (χ0) is 43.4. The quantitative estimate of drug-likeness (QED) is 0.0148. The fraction of sp³-hybridized carbons (Fsp3) is 0.935. The van der Waals surface area contributed by atoms with Gasteiger partial charge in [0, 0.05) is 13.0 Å². The Hall–Kier alpha value is -0.920. The first kappa shape index (κ1) is 56.1. The molecule has 1 aliphatic carbocycles. The van der Waals surface area contributed by atoms with Crippen molar-refractivity contribution in [3.8, 4) is 0 Å². The number of allylic oxidation sites excluding steroid dienone is 2. The molecule has 1 fully saturated rings. The molecule has 6 N–H and O–H groups in total. The number of ether oxygens (including phenoxy) is 2. The summed E-state index contributed by atoms with van der Waals surface area (Å²) in [6.45, 7) is 4.27. The van der Waals surface area contributed by atoms with E-state index >= 15 is 0 Å². The van der Waals surface area contributed by atoms with Crippen LogP contribution in [0.2, 0.25) is 0 Å². The molecule has 350 valence electrons. The Morgan fingerprint density at radius 2 is 0.898 bits per heavy atom. The highest BCUT2D eigenvalue weighted by atomic mass is 31.2. The molecule has 0 aromatic carbocycles. The van der Waals surface area contributed by atoms with Crippen LogP contribution >= 0.6 is 7.82 Å². The molecule has 1 saturated carbocycles. The highest BCUT2D eigenvalue weighted by Gasteiger charge is 2.51. The van der Waals surface area contributed by atoms with E-state index in [-0.39, 0.29) is 13.0 Å². The molecule has 0 saturated heterocycles. The molecule has 1 rings (SSSR count). The van der Waals surface area contributed by atoms with Crippen LogP contribution in [0.15, 0.2) is 12.2 Å². The highest BCUT2D eigenvalue weighted by molar-refractivity contribution is 7.47. The lowest BCUT2D eigenvalue weighted by atomic mass is 9.85. The van der Waals surface area contributed by atoms with Crippen molar-refractivity contribution in [3.63, 3.8) is 0 Å². The standard InChI is InChI=1S/C46H89O12P/c1-3-5-7-9-11-13-15-17-19-20-21-23-25-27-29-31-33-35-40(47)57-39(38-56-59(53,54)58-46-44(51)42(49)41(48)43(50)45(46)52)37-55-36-34-32-30-28-26-24-22-18-16-14-12-10-8-6-4-2/h16,18,39,41-46,48-52H,3-15,17,19-38H2,1-2H3,(H,53,54)/b18-16-. The summed E-state index contributed by atoms with van der Waals surface area (Å²) in [5, 5.41) is 50.2. The zero-order valence-corrected chi connectivity index (χ0v) is 38.2. The van der Waals surface area contributed by atoms with Crippen LogP contribution in [0.4, 0.5) is 0 Å². The van der Waals surface area contributed by atoms with E-state index in [0.29, 0.717) is 13.0 Å². The molecule has 0 heterocycles. The molecule has 0 radical (unpaired) electrons. The summed E-state index contributed by atoms with van der Waals surface area (Å²) in [6, 6.07) is 0. The minimum absolute atomic E-state index is 0.0754. The molecular formula is C46H89O12P. The smallest absolute Gasteiger partial charge is 0.457 e. The van der Waals surface area contributed by atoms with Crippen LogP contribution in [0.5, 0.6) is 0 Å². The Morgan fingerprint density at radius 3 is 1.34 bits per heavy atom. The Morgan fingerprint density at radius 1 is 0.525 bits per heavy atom. The molecule has 0 aromatic rings. The van der Waals surface area contributed by atoms with Crippen LogP contribution in [0, 0.1) is 0 Å². The number of aliphatic hydroxyl groups is 5. The van der Waals surface area contributed by atoms with Crippen molar-refractivity contribution in [2.24, 2.45) is 0 Å². The Balaban J connectivity index is 2.37. The van der Waals surface area contributed by atoms with E-state index in [1.165, 1.54) is 135 Å². The fourth-order valence-corrected chi connectivity index (χ4v) is 8.50. The first-order valence-corrected chi connectivity index (χ1v) is 25.5. The molecule has 0 bridgehead atoms. The third-order valence-corrected chi connectivity index (χ3v) is 12.4. The monoisotopic (exact) mass is 865 g/mol. The van der Waals surface area contributed by atoms with E-state index in [9.17, 15) is 39.8 Å². The van der Waals surface area contributed by atoms with Gasteiger partial charge in [-0.2, -0.15) is 0 Å². The molecule has 59 heavy (non-hydrogen) atoms. The molecule has 1 aliphatic rings. The maximum absolute atomic E-state index is 12.8. The normalized spacial score (nSPS) is 22.5. The van der Waals surface area contributed by atoms with Gasteiger partial charge >= 0.3 is 13.8 Å². The SMILES string of the molecule is CCCCCCC/C=C\CCCCCCCCOCC(COP(=O)(O)OC1C(O)C(O)C(O)C(O)C1O)OC(=O)CCCCCCCCCCCCCCCCCCC. The van der Waals surface area contributed by atoms with Crippen molar-refractivity contribution < 1.29 is 58.3 Å². The van der Waals surface area contributed by atoms with Gasteiger partial charge in [-0.15, -0.1) is 0 Å². The third-order valence-electron chi connectivity index (χ3n) is 11.4. The number of carbonyl (C=O) groups is 1. The van der Waals surface area contributed by atoms with Gasteiger partial charge in [-0.3, -0.25) is 13.8 Å². The van der Waals surface area contributed by atoms with Crippen molar-refractivity contribution >= 4 is 13.8 Å². The predicted octanol–water partition coefficient (Wildman–Crippen LogP) is 9.92. The summed E-state index contributed by atoms with van der Waals surface area (Å²) in [5.41, 5.74) is 0. The van der Waals surface area contributed by atoms with Crippen molar-refractivity contribution in [2.75, 3.05) is 19.8 Å². The van der Waals surface area contributed by atoms with Crippen LogP contribution in [0.25, 0.3) is 0 Å². The van der Waals surface area contributed by atoms with Crippen LogP contribution in [0.1, 0.15) is 213 Å². The summed E-state index contributed by atoms with van der Waals surface area (Å²) < 4.78 is 34.2. The van der Waals surface area contributed by atoms with E-state index in [1.807, 2.05) is 0 Å². The number of aliphatic hydroxyl groups excluding tert-OH is 5. The Bertz CT molecular complexity index is 1030. The van der Waals surface area contributed by atoms with Gasteiger partial charge in [0.1, 0.15) is 42.7 Å². The second-order valence-corrected chi connectivity index (χ2v) is 18.4. The van der Waals surface area contributed by atoms with E-state index in [1.54, 1.807) is 0 Å². The van der Waals surface area contributed by atoms with Gasteiger partial charge in [0.25, 0.3) is 0 Å². The van der Waals surface area contributed by atoms with E-state index < -0.39 is 63.1 Å². The maximum Gasteiger partial charge on any atom is 0.472 e. The summed E-state index contributed by atoms with van der Waals surface area (Å²) in [5.74, 6) is -0.475. The Labute approximate surface area is 358 Å². The second-order valence-electron chi connectivity index (χ2n) is 17.0. The summed E-state index contributed by atoms with van der Waals surface area (Å²) >= 11 is 0. The van der Waals surface area contributed by atoms with Crippen molar-refractivity contribution in [2.45, 2.75) is 256 Å². The number of esters is 1. The molecule has 0 amide bonds. The van der Waals surface area contributed by atoms with Gasteiger partial charge in [0.2, 0.25) is 0 Å². The van der Waals surface area contributed by atoms with Gasteiger partial charge in [0.05, 0.1) is 13.2 Å². The molecule has 6 unspecified atom stereocenters. The average molecular weight is 865 g/mol. The van der Waals surface area contributed by atoms with Crippen molar-refractivity contribution in [1.29, 1.82) is 0 Å². The van der Waals surface area contributed by atoms with Crippen molar-refractivity contribution in [1.82, 2.24) is 0 Å². The van der Waals surface area contributed by atoms with Gasteiger partial charge in [-0.1, -0.05) is 180 Å². The average Bonchev–Trinajstić information content (AvgIpc) is 3.22. The van der Waals surface area contributed by atoms with Crippen LogP contribution < -0.4 is 0 Å². The number of phosphoric ester groups is 1. The van der Waals surface area contributed by atoms with Crippen LogP contribution in [0.3, 0.4) is 0 Å². The lowest BCUT2D eigenvalue weighted by Crippen LogP contribution is -2.64. The number of unbranched alkanes of at least 4 members (excludes halogenated alkanes) is 27. The largest absolute Gasteiger partial charge is 0.472 e. The van der Waals surface area contributed by atoms with Gasteiger partial charge in [-0.25, -0.2) is 4.57 Å². The van der Waals surface area contributed by atoms with Gasteiger partial charge < -0.3 is 39.9 Å². The van der Waals surface area contributed by atoms with Gasteiger partial charge in [-0.05, 0) is 38.5 Å². The van der Waals surface area contributed by atoms with E-state index in [2.05, 4.69) is 26.0 Å². The first-order chi connectivity index (χ1) is 28.5. The third kappa shape index (κ3) is 29.9. The molecule has 6 atom stereocenters. The summed E-state index contributed by atoms with van der Waals surface area (Å²) in [7, 11) is -5.01. The van der Waals surface area contributed by atoms with E-state index in [4.69, 9.17) is 18.5 Å². The molecule has 13 heteroatoms. The summed E-state index contributed by atoms with van der Waals surface area (Å²) in [6.07, 6.45) is 28.5. The van der Waals surface area contributed by atoms with Crippen molar-refractivity contribution in [3.05, 3.63) is 12.2 Å². The lowest BCUT2D eigenvalue weighted by molar-refractivity contribution is -0.220. The molecule has 0 aliphatic heterocycles. The summed E-state index contributed by atoms with van der Waals surface area (Å²) in [4.78, 5) is 23.2. The fourth-order valence-electron chi connectivity index (χ4n) is 7.53. The molecule has 0 spiro atoms. The second kappa shape index (κ2) is 37.6. The Kier molecular flexibility index (Phi) is 35.8. The molecule has 0 aromatic heterocycles. The first-order valence-electron chi connectivity index (χ1n) is 24.0. The molecule has 12 nitrogen and oxygen atoms in total. The predicted molar refractivity (Wildman–Crippen MR) is 235 cm³/mol. The number of hydrogen-bond donors (Lipinski definition) is 6. The topological polar surface area (TPSA) is 192 Å². The maximum atomic E-state index is 12.8. The highest BCUT2D eigenvalue weighted by Crippen LogP contribution is 2.47. The number of carbonyl (C=O) groups excluding carboxylic acids is 1. The lowest BCUT2D eigenvalue weighted by Gasteiger charge is -2.41. The minimum atomic E-state index is -5.01. The minimum Gasteiger partial charge on any atom is -0.457 e. The van der Waals surface area contributed by atoms with Crippen LogP contribution in [-0.4, -0.2) is 98.9 Å². The molecular weight excluding hydrogens is 775 g/mol. The van der Waals surface area contributed by atoms with Gasteiger partial charge in [0.15, 0.2) is 0 Å². The van der Waals surface area contributed by atoms with E-state index in [0.717, 1.165) is 51.4 Å². The number of rotatable bonds is 41. The zero-order valence-electron chi connectivity index (χ0n) is 37.3. The number of phosphoric acid groups is 1. The van der Waals surface area contributed by atoms with Crippen LogP contribution in [-0.2, 0) is 27.9 Å². The number of hydrogen-bond acceptors (Lipinski definition) is 11.